The van der Waals surface area contributed by atoms with E-state index in [0.717, 1.165) is 24.0 Å². The third-order valence-electron chi connectivity index (χ3n) is 3.88. The summed E-state index contributed by atoms with van der Waals surface area (Å²) in [7, 11) is 0. The number of pyridine rings is 1. The molecule has 0 radical (unpaired) electrons. The van der Waals surface area contributed by atoms with Crippen molar-refractivity contribution in [3.63, 3.8) is 0 Å². The van der Waals surface area contributed by atoms with Crippen molar-refractivity contribution < 1.29 is 22.8 Å². The summed E-state index contributed by atoms with van der Waals surface area (Å²) in [6.07, 6.45) is -3.70. The van der Waals surface area contributed by atoms with Gasteiger partial charge in [-0.05, 0) is 50.2 Å². The van der Waals surface area contributed by atoms with Crippen LogP contribution in [0.2, 0.25) is 0 Å². The average molecular weight is 411 g/mol. The normalized spacial score (nSPS) is 11.2. The number of alkyl halides is 3. The Morgan fingerprint density at radius 2 is 1.71 bits per heavy atom. The number of aromatic nitrogens is 1. The van der Waals surface area contributed by atoms with E-state index in [4.69, 9.17) is 0 Å². The van der Waals surface area contributed by atoms with E-state index in [1.807, 2.05) is 13.8 Å². The maximum atomic E-state index is 12.5. The first kappa shape index (κ1) is 21.7. The number of halogens is 3. The first-order chi connectivity index (χ1) is 13.2. The average Bonchev–Trinajstić information content (AvgIpc) is 2.67. The highest BCUT2D eigenvalue weighted by atomic mass is 32.2. The van der Waals surface area contributed by atoms with Crippen LogP contribution >= 0.6 is 11.8 Å². The fourth-order valence-corrected chi connectivity index (χ4v) is 3.00. The molecule has 0 bridgehead atoms. The number of rotatable bonds is 7. The Kier molecular flexibility index (Phi) is 7.45. The van der Waals surface area contributed by atoms with Crippen LogP contribution in [0.5, 0.6) is 0 Å². The van der Waals surface area contributed by atoms with Crippen molar-refractivity contribution in [2.75, 3.05) is 24.2 Å². The lowest BCUT2D eigenvalue weighted by atomic mass is 10.2. The smallest absolute Gasteiger partial charge is 0.339 e. The number of nitrogens with zero attached hydrogens (tertiary/aromatic N) is 2. The largest absolute Gasteiger partial charge is 0.417 e. The summed E-state index contributed by atoms with van der Waals surface area (Å²) in [5, 5.41) is 3.00. The predicted octanol–water partition coefficient (Wildman–Crippen LogP) is 4.31. The number of carbonyl (C=O) groups is 2. The zero-order valence-electron chi connectivity index (χ0n) is 15.4. The number of benzene rings is 1. The van der Waals surface area contributed by atoms with Crippen LogP contribution < -0.4 is 5.32 Å². The van der Waals surface area contributed by atoms with Crippen LogP contribution in [-0.4, -0.2) is 40.5 Å². The molecular formula is C19H20F3N3O2S. The molecule has 0 aliphatic carbocycles. The van der Waals surface area contributed by atoms with Crippen LogP contribution in [0, 0.1) is 0 Å². The van der Waals surface area contributed by atoms with Gasteiger partial charge in [-0.1, -0.05) is 11.8 Å². The molecule has 150 valence electrons. The Balaban J connectivity index is 1.88. The Morgan fingerprint density at radius 1 is 1.07 bits per heavy atom. The fraction of sp³-hybridized carbons (Fsp3) is 0.316. The molecule has 1 heterocycles. The van der Waals surface area contributed by atoms with Crippen molar-refractivity contribution in [1.82, 2.24) is 9.88 Å². The summed E-state index contributed by atoms with van der Waals surface area (Å²) >= 11 is 1.03. The number of hydrogen-bond donors (Lipinski definition) is 1. The second-order valence-corrected chi connectivity index (χ2v) is 6.77. The van der Waals surface area contributed by atoms with E-state index < -0.39 is 11.7 Å². The van der Waals surface area contributed by atoms with Crippen LogP contribution in [-0.2, 0) is 11.0 Å². The van der Waals surface area contributed by atoms with Crippen molar-refractivity contribution in [2.24, 2.45) is 0 Å². The molecule has 2 rings (SSSR count). The highest BCUT2D eigenvalue weighted by Crippen LogP contribution is 2.29. The molecule has 2 aromatic rings. The molecule has 0 unspecified atom stereocenters. The number of amides is 2. The van der Waals surface area contributed by atoms with E-state index in [-0.39, 0.29) is 17.6 Å². The van der Waals surface area contributed by atoms with E-state index >= 15 is 0 Å². The van der Waals surface area contributed by atoms with Gasteiger partial charge in [0.2, 0.25) is 5.91 Å². The molecule has 2 amide bonds. The van der Waals surface area contributed by atoms with Crippen LogP contribution in [0.15, 0.2) is 47.6 Å². The Morgan fingerprint density at radius 3 is 2.21 bits per heavy atom. The van der Waals surface area contributed by atoms with Crippen LogP contribution in [0.3, 0.4) is 0 Å². The van der Waals surface area contributed by atoms with Gasteiger partial charge in [-0.25, -0.2) is 4.98 Å². The Bertz CT molecular complexity index is 805. The van der Waals surface area contributed by atoms with Gasteiger partial charge in [0, 0.05) is 30.5 Å². The first-order valence-electron chi connectivity index (χ1n) is 8.59. The van der Waals surface area contributed by atoms with Crippen molar-refractivity contribution in [2.45, 2.75) is 25.0 Å². The molecule has 1 aromatic carbocycles. The van der Waals surface area contributed by atoms with Gasteiger partial charge in [-0.3, -0.25) is 9.59 Å². The van der Waals surface area contributed by atoms with Gasteiger partial charge in [0.05, 0.1) is 16.3 Å². The number of carbonyl (C=O) groups excluding carboxylic acids is 2. The van der Waals surface area contributed by atoms with Gasteiger partial charge in [-0.2, -0.15) is 13.2 Å². The summed E-state index contributed by atoms with van der Waals surface area (Å²) in [5.41, 5.74) is 0.229. The molecule has 0 saturated heterocycles. The van der Waals surface area contributed by atoms with Gasteiger partial charge in [0.25, 0.3) is 5.91 Å². The fourth-order valence-electron chi connectivity index (χ4n) is 2.36. The molecule has 0 atom stereocenters. The lowest BCUT2D eigenvalue weighted by Crippen LogP contribution is -2.30. The third-order valence-corrected chi connectivity index (χ3v) is 4.82. The minimum atomic E-state index is -4.44. The molecule has 1 aromatic heterocycles. The van der Waals surface area contributed by atoms with Gasteiger partial charge in [-0.15, -0.1) is 0 Å². The van der Waals surface area contributed by atoms with E-state index in [2.05, 4.69) is 10.3 Å². The summed E-state index contributed by atoms with van der Waals surface area (Å²) < 4.78 is 37.5. The zero-order chi connectivity index (χ0) is 20.7. The van der Waals surface area contributed by atoms with E-state index in [1.54, 1.807) is 29.2 Å². The Labute approximate surface area is 165 Å². The molecule has 0 aliphatic heterocycles. The minimum absolute atomic E-state index is 0.00149. The highest BCUT2D eigenvalue weighted by Gasteiger charge is 2.30. The van der Waals surface area contributed by atoms with Crippen molar-refractivity contribution in [3.8, 4) is 0 Å². The molecule has 0 aliphatic rings. The van der Waals surface area contributed by atoms with Gasteiger partial charge >= 0.3 is 6.18 Å². The maximum Gasteiger partial charge on any atom is 0.417 e. The molecule has 1 N–H and O–H groups in total. The molecule has 5 nitrogen and oxygen atoms in total. The monoisotopic (exact) mass is 411 g/mol. The molecule has 28 heavy (non-hydrogen) atoms. The quantitative estimate of drug-likeness (QED) is 0.690. The van der Waals surface area contributed by atoms with Gasteiger partial charge < -0.3 is 10.2 Å². The summed E-state index contributed by atoms with van der Waals surface area (Å²) in [5.74, 6) is -0.403. The third kappa shape index (κ3) is 5.98. The number of anilines is 1. The van der Waals surface area contributed by atoms with Crippen LogP contribution in [0.25, 0.3) is 0 Å². The summed E-state index contributed by atoms with van der Waals surface area (Å²) in [4.78, 5) is 29.7. The standard InChI is InChI=1S/C19H20F3N3O2S/c1-3-25(4-2)18(27)13-5-8-15(9-6-13)24-16(26)12-28-17-10-7-14(11-23-17)19(20,21)22/h5-11H,3-4,12H2,1-2H3,(H,24,26). The molecule has 0 spiro atoms. The number of hydrogen-bond acceptors (Lipinski definition) is 4. The lowest BCUT2D eigenvalue weighted by Gasteiger charge is -2.18. The lowest BCUT2D eigenvalue weighted by molar-refractivity contribution is -0.137. The van der Waals surface area contributed by atoms with E-state index in [9.17, 15) is 22.8 Å². The Hall–Kier alpha value is -2.55. The maximum absolute atomic E-state index is 12.5. The second kappa shape index (κ2) is 9.59. The second-order valence-electron chi connectivity index (χ2n) is 5.77. The molecule has 0 fully saturated rings. The predicted molar refractivity (Wildman–Crippen MR) is 102 cm³/mol. The van der Waals surface area contributed by atoms with Crippen molar-refractivity contribution in [1.29, 1.82) is 0 Å². The summed E-state index contributed by atoms with van der Waals surface area (Å²) in [6, 6.07) is 8.71. The minimum Gasteiger partial charge on any atom is -0.339 e. The zero-order valence-corrected chi connectivity index (χ0v) is 16.2. The summed E-state index contributed by atoms with van der Waals surface area (Å²) in [6.45, 7) is 5.03. The van der Waals surface area contributed by atoms with Crippen molar-refractivity contribution in [3.05, 3.63) is 53.7 Å². The van der Waals surface area contributed by atoms with Crippen LogP contribution in [0.1, 0.15) is 29.8 Å². The topological polar surface area (TPSA) is 62.3 Å². The number of nitrogens with one attached hydrogen (secondary N) is 1. The number of thioether (sulfide) groups is 1. The van der Waals surface area contributed by atoms with Crippen molar-refractivity contribution >= 4 is 29.3 Å². The van der Waals surface area contributed by atoms with Gasteiger partial charge in [0.1, 0.15) is 0 Å². The molecule has 0 saturated carbocycles. The van der Waals surface area contributed by atoms with Crippen LogP contribution in [0.4, 0.5) is 18.9 Å². The van der Waals surface area contributed by atoms with E-state index in [1.165, 1.54) is 6.07 Å². The van der Waals surface area contributed by atoms with E-state index in [0.29, 0.717) is 29.4 Å². The van der Waals surface area contributed by atoms with Gasteiger partial charge in [0.15, 0.2) is 0 Å². The molecule has 9 heteroatoms. The molecular weight excluding hydrogens is 391 g/mol. The highest BCUT2D eigenvalue weighted by molar-refractivity contribution is 7.99. The first-order valence-corrected chi connectivity index (χ1v) is 9.58. The SMILES string of the molecule is CCN(CC)C(=O)c1ccc(NC(=O)CSc2ccc(C(F)(F)F)cn2)cc1.